The third-order valence-electron chi connectivity index (χ3n) is 7.06. The van der Waals surface area contributed by atoms with Gasteiger partial charge in [-0.3, -0.25) is 4.79 Å². The summed E-state index contributed by atoms with van der Waals surface area (Å²) < 4.78 is 1.96. The second-order valence-corrected chi connectivity index (χ2v) is 9.01. The van der Waals surface area contributed by atoms with Gasteiger partial charge in [0.05, 0.1) is 17.8 Å². The Morgan fingerprint density at radius 3 is 2.83 bits per heavy atom. The Morgan fingerprint density at radius 2 is 2.00 bits per heavy atom. The number of amides is 1. The van der Waals surface area contributed by atoms with Gasteiger partial charge in [0.2, 0.25) is 5.91 Å². The minimum Gasteiger partial charge on any atom is -0.354 e. The summed E-state index contributed by atoms with van der Waals surface area (Å²) >= 11 is 0. The Hall–Kier alpha value is -2.15. The van der Waals surface area contributed by atoms with Crippen molar-refractivity contribution >= 4 is 17.4 Å². The second-order valence-electron chi connectivity index (χ2n) is 9.01. The first kappa shape index (κ1) is 18.9. The number of fused-ring (bicyclic) bond motifs is 2. The van der Waals surface area contributed by atoms with Crippen molar-refractivity contribution in [1.82, 2.24) is 25.2 Å². The van der Waals surface area contributed by atoms with Crippen LogP contribution >= 0.6 is 0 Å². The van der Waals surface area contributed by atoms with Crippen LogP contribution in [0.3, 0.4) is 0 Å². The molecule has 5 rings (SSSR count). The van der Waals surface area contributed by atoms with E-state index in [1.807, 2.05) is 16.8 Å². The molecule has 2 N–H and O–H groups in total. The van der Waals surface area contributed by atoms with Crippen LogP contribution < -0.4 is 15.5 Å². The second kappa shape index (κ2) is 7.94. The zero-order valence-corrected chi connectivity index (χ0v) is 17.4. The number of carbonyl (C=O) groups is 1. The summed E-state index contributed by atoms with van der Waals surface area (Å²) in [6, 6.07) is 2.26. The maximum absolute atomic E-state index is 12.8. The molecule has 7 heteroatoms. The highest BCUT2D eigenvalue weighted by Crippen LogP contribution is 2.32. The minimum absolute atomic E-state index is 0.0689. The van der Waals surface area contributed by atoms with Gasteiger partial charge in [0, 0.05) is 43.7 Å². The van der Waals surface area contributed by atoms with Gasteiger partial charge in [0.25, 0.3) is 0 Å². The molecule has 1 unspecified atom stereocenters. The highest BCUT2D eigenvalue weighted by atomic mass is 16.2. The molecule has 2 aromatic heterocycles. The molecule has 2 aliphatic heterocycles. The minimum atomic E-state index is 0.0689. The molecule has 0 bridgehead atoms. The lowest BCUT2D eigenvalue weighted by atomic mass is 9.84. The van der Waals surface area contributed by atoms with Crippen LogP contribution in [0.4, 0.5) is 5.82 Å². The first-order chi connectivity index (χ1) is 14.2. The van der Waals surface area contributed by atoms with E-state index in [1.54, 1.807) is 0 Å². The van der Waals surface area contributed by atoms with E-state index in [4.69, 9.17) is 4.98 Å². The van der Waals surface area contributed by atoms with Gasteiger partial charge in [-0.05, 0) is 38.6 Å². The van der Waals surface area contributed by atoms with Gasteiger partial charge < -0.3 is 15.5 Å². The van der Waals surface area contributed by atoms with E-state index in [9.17, 15) is 4.79 Å². The molecule has 2 fully saturated rings. The van der Waals surface area contributed by atoms with Crippen LogP contribution in [0.25, 0.3) is 5.65 Å². The highest BCUT2D eigenvalue weighted by molar-refractivity contribution is 5.82. The summed E-state index contributed by atoms with van der Waals surface area (Å²) in [5, 5.41) is 11.3. The average Bonchev–Trinajstić information content (AvgIpc) is 3.03. The van der Waals surface area contributed by atoms with Crippen LogP contribution in [0.5, 0.6) is 0 Å². The molecule has 0 radical (unpaired) electrons. The smallest absolute Gasteiger partial charge is 0.226 e. The molecule has 1 saturated heterocycles. The zero-order valence-electron chi connectivity index (χ0n) is 17.4. The number of nitrogens with one attached hydrogen (secondary N) is 2. The summed E-state index contributed by atoms with van der Waals surface area (Å²) in [5.41, 5.74) is 3.37. The first-order valence-corrected chi connectivity index (χ1v) is 11.3. The highest BCUT2D eigenvalue weighted by Gasteiger charge is 2.37. The maximum Gasteiger partial charge on any atom is 0.226 e. The third-order valence-corrected chi connectivity index (χ3v) is 7.06. The number of aromatic nitrogens is 3. The lowest BCUT2D eigenvalue weighted by molar-refractivity contribution is -0.126. The molecule has 0 aromatic carbocycles. The Bertz CT molecular complexity index is 881. The van der Waals surface area contributed by atoms with Crippen molar-refractivity contribution in [2.24, 2.45) is 11.8 Å². The van der Waals surface area contributed by atoms with Crippen LogP contribution in [0.1, 0.15) is 50.3 Å². The van der Waals surface area contributed by atoms with Crippen LogP contribution in [-0.4, -0.2) is 52.7 Å². The summed E-state index contributed by atoms with van der Waals surface area (Å²) in [4.78, 5) is 20.0. The number of hydrogen-bond donors (Lipinski definition) is 2. The fourth-order valence-electron chi connectivity index (χ4n) is 5.25. The van der Waals surface area contributed by atoms with Crippen molar-refractivity contribution < 1.29 is 4.79 Å². The van der Waals surface area contributed by atoms with E-state index < -0.39 is 0 Å². The van der Waals surface area contributed by atoms with Crippen molar-refractivity contribution in [2.75, 3.05) is 31.1 Å². The zero-order chi connectivity index (χ0) is 19.8. The Balaban J connectivity index is 1.29. The predicted octanol–water partition coefficient (Wildman–Crippen LogP) is 1.94. The van der Waals surface area contributed by atoms with E-state index in [-0.39, 0.29) is 17.9 Å². The lowest BCUT2D eigenvalue weighted by Gasteiger charge is -2.41. The fourth-order valence-corrected chi connectivity index (χ4v) is 5.25. The predicted molar refractivity (Wildman–Crippen MR) is 113 cm³/mol. The molecule has 1 aliphatic carbocycles. The molecule has 156 valence electrons. The van der Waals surface area contributed by atoms with Crippen LogP contribution in [0, 0.1) is 11.8 Å². The molecule has 1 atom stereocenters. The van der Waals surface area contributed by atoms with Crippen molar-refractivity contribution in [3.05, 3.63) is 23.5 Å². The molecule has 7 nitrogen and oxygen atoms in total. The van der Waals surface area contributed by atoms with E-state index >= 15 is 0 Å². The Morgan fingerprint density at radius 1 is 1.21 bits per heavy atom. The molecule has 29 heavy (non-hydrogen) atoms. The quantitative estimate of drug-likeness (QED) is 0.826. The van der Waals surface area contributed by atoms with E-state index in [1.165, 1.54) is 43.4 Å². The molecule has 3 aliphatic rings. The Kier molecular flexibility index (Phi) is 5.16. The van der Waals surface area contributed by atoms with Crippen LogP contribution in [-0.2, 0) is 17.6 Å². The van der Waals surface area contributed by atoms with Crippen molar-refractivity contribution in [3.63, 3.8) is 0 Å². The normalized spacial score (nSPS) is 22.0. The number of rotatable bonds is 4. The van der Waals surface area contributed by atoms with Crippen molar-refractivity contribution in [1.29, 1.82) is 0 Å². The van der Waals surface area contributed by atoms with Crippen LogP contribution in [0.15, 0.2) is 12.3 Å². The van der Waals surface area contributed by atoms with Gasteiger partial charge >= 0.3 is 0 Å². The molecule has 4 heterocycles. The molecule has 2 aromatic rings. The van der Waals surface area contributed by atoms with Gasteiger partial charge in [0.15, 0.2) is 5.65 Å². The van der Waals surface area contributed by atoms with Gasteiger partial charge in [-0.1, -0.05) is 19.3 Å². The van der Waals surface area contributed by atoms with Gasteiger partial charge in [-0.25, -0.2) is 4.98 Å². The number of hydrogen-bond acceptors (Lipinski definition) is 5. The monoisotopic (exact) mass is 396 g/mol. The molecule has 0 spiro atoms. The average molecular weight is 397 g/mol. The molecule has 1 saturated carbocycles. The SMILES string of the molecule is CC(NC(=O)C1CN(c2c3c(nc4ccnn24)CCNCC3)C1)C1CCCCC1. The van der Waals surface area contributed by atoms with Crippen LogP contribution in [0.2, 0.25) is 0 Å². The fraction of sp³-hybridized carbons (Fsp3) is 0.682. The van der Waals surface area contributed by atoms with Gasteiger partial charge in [0.1, 0.15) is 5.82 Å². The first-order valence-electron chi connectivity index (χ1n) is 11.3. The third kappa shape index (κ3) is 3.61. The standard InChI is InChI=1S/C22H32N6O/c1-15(16-5-3-2-4-6-16)25-21(29)17-13-27(14-17)22-18-7-10-23-11-8-19(18)26-20-9-12-24-28(20)22/h9,12,15-17,23H,2-8,10-11,13-14H2,1H3,(H,25,29). The molecule has 1 amide bonds. The van der Waals surface area contributed by atoms with E-state index in [0.717, 1.165) is 50.5 Å². The topological polar surface area (TPSA) is 74.6 Å². The van der Waals surface area contributed by atoms with Gasteiger partial charge in [-0.2, -0.15) is 9.61 Å². The molecular formula is C22H32N6O. The summed E-state index contributed by atoms with van der Waals surface area (Å²) in [5.74, 6) is 2.08. The summed E-state index contributed by atoms with van der Waals surface area (Å²) in [7, 11) is 0. The largest absolute Gasteiger partial charge is 0.354 e. The van der Waals surface area contributed by atoms with Gasteiger partial charge in [-0.15, -0.1) is 0 Å². The number of nitrogens with zero attached hydrogens (tertiary/aromatic N) is 4. The number of anilines is 1. The van der Waals surface area contributed by atoms with E-state index in [0.29, 0.717) is 5.92 Å². The maximum atomic E-state index is 12.8. The summed E-state index contributed by atoms with van der Waals surface area (Å²) in [6.07, 6.45) is 10.2. The van der Waals surface area contributed by atoms with E-state index in [2.05, 4.69) is 27.6 Å². The lowest BCUT2D eigenvalue weighted by Crippen LogP contribution is -2.56. The van der Waals surface area contributed by atoms with Crippen molar-refractivity contribution in [2.45, 2.75) is 57.9 Å². The molecular weight excluding hydrogens is 364 g/mol. The number of carbonyl (C=O) groups excluding carboxylic acids is 1. The summed E-state index contributed by atoms with van der Waals surface area (Å²) in [6.45, 7) is 5.65. The van der Waals surface area contributed by atoms with Crippen molar-refractivity contribution in [3.8, 4) is 0 Å². The Labute approximate surface area is 172 Å².